The summed E-state index contributed by atoms with van der Waals surface area (Å²) in [7, 11) is -1.46. The second-order valence-electron chi connectivity index (χ2n) is 13.6. The quantitative estimate of drug-likeness (QED) is 0.0366. The summed E-state index contributed by atoms with van der Waals surface area (Å²) in [5.74, 6) is -3.09. The second kappa shape index (κ2) is 22.0. The van der Waals surface area contributed by atoms with Crippen LogP contribution in [0.25, 0.3) is 0 Å². The molecule has 272 valence electrons. The minimum atomic E-state index is -1.46. The molecule has 0 radical (unpaired) electrons. The number of hydrogen-bond acceptors (Lipinski definition) is 9. The molecule has 7 amide bonds. The van der Waals surface area contributed by atoms with Crippen molar-refractivity contribution in [2.45, 2.75) is 115 Å². The summed E-state index contributed by atoms with van der Waals surface area (Å²) in [4.78, 5) is 88.4. The van der Waals surface area contributed by atoms with Crippen LogP contribution in [0.15, 0.2) is 12.2 Å². The van der Waals surface area contributed by atoms with Gasteiger partial charge in [0.15, 0.2) is 0 Å². The first kappa shape index (κ1) is 42.2. The largest absolute Gasteiger partial charge is 0.464 e. The summed E-state index contributed by atoms with van der Waals surface area (Å²) in [5, 5.41) is 10.7. The molecule has 48 heavy (non-hydrogen) atoms. The molecule has 0 unspecified atom stereocenters. The number of primary amides is 1. The molecule has 0 aromatic carbocycles. The summed E-state index contributed by atoms with van der Waals surface area (Å²) in [6.45, 7) is 11.1. The number of nitrogens with two attached hydrogens (primary N) is 2. The Kier molecular flexibility index (Phi) is 19.3. The Morgan fingerprint density at radius 1 is 0.833 bits per heavy atom. The Labute approximate surface area is 285 Å². The third-order valence-electron chi connectivity index (χ3n) is 7.70. The molecule has 8 N–H and O–H groups in total. The lowest BCUT2D eigenvalue weighted by molar-refractivity contribution is -0.148. The standard InChI is InChI=1S/C32H57N7O8Si/c1-22(2)28(38-25(40)14-7-6-10-19-39-26(41)15-16-27(39)42)30(44)36-23(13-11-18-35-32(34)46)29(43)37-24(12-8-9-17-33)31(45)47-20-21-48(3,4)5/h15-16,22-24,28H,6-14,17-21,33H2,1-5H3,(H,36,44)(H,37,43)(H,38,40)(H3,34,35,46)/t23-,24-,28-/m0/s1. The number of nitrogens with one attached hydrogen (secondary N) is 4. The smallest absolute Gasteiger partial charge is 0.328 e. The number of urea groups is 1. The second-order valence-corrected chi connectivity index (χ2v) is 19.2. The Bertz CT molecular complexity index is 1120. The molecule has 1 aliphatic heterocycles. The van der Waals surface area contributed by atoms with Crippen LogP contribution < -0.4 is 32.7 Å². The van der Waals surface area contributed by atoms with Crippen molar-refractivity contribution >= 4 is 49.6 Å². The maximum atomic E-state index is 13.5. The van der Waals surface area contributed by atoms with Crippen molar-refractivity contribution in [3.8, 4) is 0 Å². The zero-order valence-corrected chi connectivity index (χ0v) is 30.2. The van der Waals surface area contributed by atoms with Crippen LogP contribution in [0.3, 0.4) is 0 Å². The maximum absolute atomic E-state index is 13.5. The lowest BCUT2D eigenvalue weighted by Crippen LogP contribution is -2.57. The van der Waals surface area contributed by atoms with E-state index < -0.39 is 50.0 Å². The summed E-state index contributed by atoms with van der Waals surface area (Å²) in [6.07, 6.45) is 6.16. The predicted molar refractivity (Wildman–Crippen MR) is 184 cm³/mol. The van der Waals surface area contributed by atoms with Crippen LogP contribution in [0.5, 0.6) is 0 Å². The number of rotatable bonds is 24. The van der Waals surface area contributed by atoms with E-state index in [0.29, 0.717) is 51.5 Å². The molecule has 1 rings (SSSR count). The highest BCUT2D eigenvalue weighted by Gasteiger charge is 2.31. The van der Waals surface area contributed by atoms with Gasteiger partial charge in [-0.05, 0) is 63.5 Å². The average molecular weight is 696 g/mol. The van der Waals surface area contributed by atoms with E-state index in [0.717, 1.165) is 10.9 Å². The Morgan fingerprint density at radius 3 is 2.04 bits per heavy atom. The summed E-state index contributed by atoms with van der Waals surface area (Å²) in [6, 6.07) is -2.92. The molecule has 0 saturated heterocycles. The van der Waals surface area contributed by atoms with Gasteiger partial charge in [-0.2, -0.15) is 0 Å². The number of unbranched alkanes of at least 4 members (excludes halogenated alkanes) is 3. The van der Waals surface area contributed by atoms with Gasteiger partial charge in [-0.25, -0.2) is 9.59 Å². The van der Waals surface area contributed by atoms with Crippen LogP contribution in [0.1, 0.15) is 71.6 Å². The van der Waals surface area contributed by atoms with Gasteiger partial charge in [0.1, 0.15) is 18.1 Å². The summed E-state index contributed by atoms with van der Waals surface area (Å²) < 4.78 is 5.51. The van der Waals surface area contributed by atoms with E-state index in [1.807, 2.05) is 0 Å². The molecule has 3 atom stereocenters. The molecule has 1 heterocycles. The van der Waals surface area contributed by atoms with Gasteiger partial charge < -0.3 is 37.5 Å². The first-order valence-electron chi connectivity index (χ1n) is 16.9. The minimum Gasteiger partial charge on any atom is -0.464 e. The number of esters is 1. The first-order valence-corrected chi connectivity index (χ1v) is 20.6. The minimum absolute atomic E-state index is 0.119. The molecule has 0 aliphatic carbocycles. The molecule has 16 heteroatoms. The van der Waals surface area contributed by atoms with Crippen molar-refractivity contribution in [1.82, 2.24) is 26.2 Å². The van der Waals surface area contributed by atoms with Gasteiger partial charge in [-0.3, -0.25) is 28.9 Å². The molecular weight excluding hydrogens is 638 g/mol. The Morgan fingerprint density at radius 2 is 1.46 bits per heavy atom. The third-order valence-corrected chi connectivity index (χ3v) is 9.40. The van der Waals surface area contributed by atoms with Crippen molar-refractivity contribution in [3.63, 3.8) is 0 Å². The molecule has 0 spiro atoms. The molecule has 0 aromatic rings. The number of hydrogen-bond donors (Lipinski definition) is 6. The van der Waals surface area contributed by atoms with Gasteiger partial charge in [0, 0.05) is 39.7 Å². The fraction of sp³-hybridized carbons (Fsp3) is 0.719. The average Bonchev–Trinajstić information content (AvgIpc) is 3.31. The van der Waals surface area contributed by atoms with Gasteiger partial charge in [0.25, 0.3) is 11.8 Å². The predicted octanol–water partition coefficient (Wildman–Crippen LogP) is 1.04. The molecular formula is C32H57N7O8Si. The van der Waals surface area contributed by atoms with Gasteiger partial charge in [0.05, 0.1) is 6.61 Å². The molecule has 0 saturated carbocycles. The van der Waals surface area contributed by atoms with Crippen LogP contribution in [0, 0.1) is 5.92 Å². The van der Waals surface area contributed by atoms with Crippen molar-refractivity contribution < 1.29 is 38.3 Å². The zero-order chi connectivity index (χ0) is 36.3. The number of nitrogens with zero attached hydrogens (tertiary/aromatic N) is 1. The Hall–Kier alpha value is -3.79. The third kappa shape index (κ3) is 17.4. The van der Waals surface area contributed by atoms with E-state index in [4.69, 9.17) is 16.2 Å². The number of carbonyl (C=O) groups excluding carboxylic acids is 7. The summed E-state index contributed by atoms with van der Waals surface area (Å²) >= 11 is 0. The number of ether oxygens (including phenoxy) is 1. The van der Waals surface area contributed by atoms with Crippen LogP contribution in [0.4, 0.5) is 4.79 Å². The monoisotopic (exact) mass is 695 g/mol. The van der Waals surface area contributed by atoms with Crippen molar-refractivity contribution in [1.29, 1.82) is 0 Å². The SMILES string of the molecule is CC(C)[C@H](NC(=O)CCCCCN1C(=O)C=CC1=O)C(=O)N[C@@H](CCCNC(N)=O)C(=O)N[C@@H](CCCCN)C(=O)OCC[Si](C)(C)C. The van der Waals surface area contributed by atoms with Crippen molar-refractivity contribution in [3.05, 3.63) is 12.2 Å². The first-order chi connectivity index (χ1) is 22.5. The fourth-order valence-electron chi connectivity index (χ4n) is 4.78. The molecule has 0 aromatic heterocycles. The molecule has 15 nitrogen and oxygen atoms in total. The fourth-order valence-corrected chi connectivity index (χ4v) is 5.50. The summed E-state index contributed by atoms with van der Waals surface area (Å²) in [5.41, 5.74) is 10.8. The molecule has 1 aliphatic rings. The highest BCUT2D eigenvalue weighted by atomic mass is 28.3. The van der Waals surface area contributed by atoms with Crippen LogP contribution in [-0.2, 0) is 33.5 Å². The van der Waals surface area contributed by atoms with Crippen LogP contribution in [0.2, 0.25) is 25.7 Å². The normalized spacial score (nSPS) is 14.8. The Balaban J connectivity index is 2.87. The van der Waals surface area contributed by atoms with E-state index in [1.165, 1.54) is 12.2 Å². The topological polar surface area (TPSA) is 232 Å². The van der Waals surface area contributed by atoms with Gasteiger partial charge in [-0.15, -0.1) is 0 Å². The number of imide groups is 1. The number of carbonyl (C=O) groups is 7. The van der Waals surface area contributed by atoms with Crippen LogP contribution in [-0.4, -0.2) is 98.9 Å². The van der Waals surface area contributed by atoms with Crippen molar-refractivity contribution in [2.75, 3.05) is 26.2 Å². The van der Waals surface area contributed by atoms with E-state index in [1.54, 1.807) is 13.8 Å². The van der Waals surface area contributed by atoms with Gasteiger partial charge in [-0.1, -0.05) is 39.9 Å². The van der Waals surface area contributed by atoms with Crippen molar-refractivity contribution in [2.24, 2.45) is 17.4 Å². The van der Waals surface area contributed by atoms with E-state index in [-0.39, 0.29) is 56.2 Å². The molecule has 0 bridgehead atoms. The highest BCUT2D eigenvalue weighted by molar-refractivity contribution is 6.76. The molecule has 0 fully saturated rings. The zero-order valence-electron chi connectivity index (χ0n) is 29.2. The lowest BCUT2D eigenvalue weighted by atomic mass is 10.0. The van der Waals surface area contributed by atoms with E-state index >= 15 is 0 Å². The van der Waals surface area contributed by atoms with E-state index in [2.05, 4.69) is 40.9 Å². The van der Waals surface area contributed by atoms with Gasteiger partial charge in [0.2, 0.25) is 17.7 Å². The highest BCUT2D eigenvalue weighted by Crippen LogP contribution is 2.12. The maximum Gasteiger partial charge on any atom is 0.328 e. The number of amides is 7. The van der Waals surface area contributed by atoms with E-state index in [9.17, 15) is 33.6 Å². The lowest BCUT2D eigenvalue weighted by Gasteiger charge is -2.27. The van der Waals surface area contributed by atoms with Crippen LogP contribution >= 0.6 is 0 Å². The van der Waals surface area contributed by atoms with Gasteiger partial charge >= 0.3 is 12.0 Å².